The summed E-state index contributed by atoms with van der Waals surface area (Å²) in [6.07, 6.45) is 3.45. The molecule has 0 saturated heterocycles. The zero-order chi connectivity index (χ0) is 9.26. The van der Waals surface area contributed by atoms with Crippen molar-refractivity contribution < 1.29 is 0 Å². The van der Waals surface area contributed by atoms with E-state index in [1.54, 1.807) is 0 Å². The van der Waals surface area contributed by atoms with Gasteiger partial charge in [0.1, 0.15) is 0 Å². The molecule has 13 heavy (non-hydrogen) atoms. The highest BCUT2D eigenvalue weighted by molar-refractivity contribution is 6.30. The number of hydrogen-bond donors (Lipinski definition) is 0. The summed E-state index contributed by atoms with van der Waals surface area (Å²) in [7, 11) is 0. The number of hydrogen-bond acceptors (Lipinski definition) is 0. The lowest BCUT2D eigenvalue weighted by atomic mass is 10.0. The van der Waals surface area contributed by atoms with Gasteiger partial charge >= 0.3 is 0 Å². The number of benzene rings is 1. The maximum Gasteiger partial charge on any atom is 0.0408 e. The molecular weight excluding hydrogens is 203 g/mol. The first-order valence-corrected chi connectivity index (χ1v) is 5.54. The SMILES string of the molecule is ClCCC1Cc2ccc(Cl)cc2C1. The second kappa shape index (κ2) is 3.89. The second-order valence-electron chi connectivity index (χ2n) is 3.66. The van der Waals surface area contributed by atoms with Crippen LogP contribution in [0.1, 0.15) is 17.5 Å². The molecule has 0 heterocycles. The van der Waals surface area contributed by atoms with Crippen LogP contribution in [0.25, 0.3) is 0 Å². The van der Waals surface area contributed by atoms with Crippen LogP contribution in [-0.2, 0) is 12.8 Å². The van der Waals surface area contributed by atoms with Crippen molar-refractivity contribution in [3.05, 3.63) is 34.3 Å². The summed E-state index contributed by atoms with van der Waals surface area (Å²) >= 11 is 11.7. The first kappa shape index (κ1) is 9.36. The van der Waals surface area contributed by atoms with Crippen molar-refractivity contribution in [3.63, 3.8) is 0 Å². The fourth-order valence-corrected chi connectivity index (χ4v) is 2.54. The van der Waals surface area contributed by atoms with Gasteiger partial charge in [0.15, 0.2) is 0 Å². The standard InChI is InChI=1S/C11H12Cl2/c12-4-3-8-5-9-1-2-11(13)7-10(9)6-8/h1-2,7-8H,3-6H2. The molecule has 0 radical (unpaired) electrons. The van der Waals surface area contributed by atoms with E-state index >= 15 is 0 Å². The van der Waals surface area contributed by atoms with E-state index in [-0.39, 0.29) is 0 Å². The molecule has 0 saturated carbocycles. The molecule has 0 nitrogen and oxygen atoms in total. The lowest BCUT2D eigenvalue weighted by molar-refractivity contribution is 0.546. The minimum Gasteiger partial charge on any atom is -0.127 e. The Morgan fingerprint density at radius 2 is 2.00 bits per heavy atom. The molecule has 0 aromatic heterocycles. The highest BCUT2D eigenvalue weighted by Crippen LogP contribution is 2.30. The van der Waals surface area contributed by atoms with Crippen molar-refractivity contribution in [2.75, 3.05) is 5.88 Å². The van der Waals surface area contributed by atoms with Crippen LogP contribution in [0.5, 0.6) is 0 Å². The van der Waals surface area contributed by atoms with Crippen molar-refractivity contribution in [2.24, 2.45) is 5.92 Å². The Bertz CT molecular complexity index is 307. The van der Waals surface area contributed by atoms with Crippen molar-refractivity contribution in [1.82, 2.24) is 0 Å². The van der Waals surface area contributed by atoms with E-state index in [0.717, 1.165) is 29.7 Å². The van der Waals surface area contributed by atoms with E-state index in [4.69, 9.17) is 23.2 Å². The fourth-order valence-electron chi connectivity index (χ4n) is 2.04. The van der Waals surface area contributed by atoms with Crippen molar-refractivity contribution in [3.8, 4) is 0 Å². The Hall–Kier alpha value is -0.200. The zero-order valence-corrected chi connectivity index (χ0v) is 8.91. The van der Waals surface area contributed by atoms with Gasteiger partial charge in [-0.2, -0.15) is 0 Å². The lowest BCUT2D eigenvalue weighted by Gasteiger charge is -2.03. The van der Waals surface area contributed by atoms with Crippen LogP contribution in [-0.4, -0.2) is 5.88 Å². The van der Waals surface area contributed by atoms with Crippen LogP contribution < -0.4 is 0 Å². The lowest BCUT2D eigenvalue weighted by Crippen LogP contribution is -1.99. The van der Waals surface area contributed by atoms with E-state index in [1.807, 2.05) is 6.07 Å². The van der Waals surface area contributed by atoms with Crippen molar-refractivity contribution in [1.29, 1.82) is 0 Å². The maximum absolute atomic E-state index is 5.92. The largest absolute Gasteiger partial charge is 0.127 e. The highest BCUT2D eigenvalue weighted by Gasteiger charge is 2.20. The van der Waals surface area contributed by atoms with Gasteiger partial charge in [0.2, 0.25) is 0 Å². The Morgan fingerprint density at radius 1 is 1.23 bits per heavy atom. The third kappa shape index (κ3) is 2.00. The molecule has 0 fully saturated rings. The Kier molecular flexibility index (Phi) is 2.80. The van der Waals surface area contributed by atoms with Crippen LogP contribution >= 0.6 is 23.2 Å². The molecule has 0 aliphatic heterocycles. The molecule has 2 heteroatoms. The van der Waals surface area contributed by atoms with Gasteiger partial charge in [-0.05, 0) is 48.4 Å². The first-order chi connectivity index (χ1) is 6.29. The van der Waals surface area contributed by atoms with Gasteiger partial charge in [-0.3, -0.25) is 0 Å². The second-order valence-corrected chi connectivity index (χ2v) is 4.48. The molecule has 1 aliphatic carbocycles. The Morgan fingerprint density at radius 3 is 2.77 bits per heavy atom. The van der Waals surface area contributed by atoms with Crippen LogP contribution in [0.3, 0.4) is 0 Å². The number of alkyl halides is 1. The predicted molar refractivity (Wildman–Crippen MR) is 57.7 cm³/mol. The molecule has 1 aliphatic rings. The zero-order valence-electron chi connectivity index (χ0n) is 7.39. The molecule has 0 bridgehead atoms. The number of halogens is 2. The molecule has 70 valence electrons. The summed E-state index contributed by atoms with van der Waals surface area (Å²) in [6.45, 7) is 0. The van der Waals surface area contributed by atoms with E-state index in [1.165, 1.54) is 17.5 Å². The van der Waals surface area contributed by atoms with Crippen molar-refractivity contribution in [2.45, 2.75) is 19.3 Å². The van der Waals surface area contributed by atoms with Crippen LogP contribution in [0.4, 0.5) is 0 Å². The van der Waals surface area contributed by atoms with Crippen LogP contribution in [0.2, 0.25) is 5.02 Å². The van der Waals surface area contributed by atoms with Gasteiger partial charge in [-0.1, -0.05) is 17.7 Å². The molecule has 1 unspecified atom stereocenters. The summed E-state index contributed by atoms with van der Waals surface area (Å²) in [5.74, 6) is 1.51. The van der Waals surface area contributed by atoms with Gasteiger partial charge in [0.25, 0.3) is 0 Å². The summed E-state index contributed by atoms with van der Waals surface area (Å²) in [5.41, 5.74) is 2.88. The molecule has 0 spiro atoms. The molecule has 1 aromatic carbocycles. The quantitative estimate of drug-likeness (QED) is 0.660. The molecule has 2 rings (SSSR count). The molecule has 1 aromatic rings. The van der Waals surface area contributed by atoms with E-state index in [0.29, 0.717) is 0 Å². The smallest absolute Gasteiger partial charge is 0.0408 e. The Labute approximate surface area is 88.9 Å². The monoisotopic (exact) mass is 214 g/mol. The third-order valence-corrected chi connectivity index (χ3v) is 3.16. The summed E-state index contributed by atoms with van der Waals surface area (Å²) in [5, 5.41) is 0.852. The van der Waals surface area contributed by atoms with Crippen LogP contribution in [0, 0.1) is 5.92 Å². The Balaban J connectivity index is 2.16. The molecule has 0 N–H and O–H groups in total. The minimum atomic E-state index is 0.742. The van der Waals surface area contributed by atoms with E-state index in [2.05, 4.69) is 12.1 Å². The molecule has 0 amide bonds. The average molecular weight is 215 g/mol. The molecule has 1 atom stereocenters. The van der Waals surface area contributed by atoms with Gasteiger partial charge in [-0.25, -0.2) is 0 Å². The predicted octanol–water partition coefficient (Wildman–Crippen LogP) is 3.68. The van der Waals surface area contributed by atoms with Gasteiger partial charge in [-0.15, -0.1) is 11.6 Å². The third-order valence-electron chi connectivity index (χ3n) is 2.70. The van der Waals surface area contributed by atoms with Gasteiger partial charge < -0.3 is 0 Å². The summed E-state index contributed by atoms with van der Waals surface area (Å²) in [6, 6.07) is 6.21. The van der Waals surface area contributed by atoms with Gasteiger partial charge in [0, 0.05) is 10.9 Å². The maximum atomic E-state index is 5.92. The number of rotatable bonds is 2. The highest BCUT2D eigenvalue weighted by atomic mass is 35.5. The van der Waals surface area contributed by atoms with Crippen molar-refractivity contribution >= 4 is 23.2 Å². The van der Waals surface area contributed by atoms with E-state index < -0.39 is 0 Å². The average Bonchev–Trinajstić information content (AvgIpc) is 2.46. The summed E-state index contributed by atoms with van der Waals surface area (Å²) < 4.78 is 0. The van der Waals surface area contributed by atoms with E-state index in [9.17, 15) is 0 Å². The fraction of sp³-hybridized carbons (Fsp3) is 0.455. The first-order valence-electron chi connectivity index (χ1n) is 4.63. The molecular formula is C11H12Cl2. The minimum absolute atomic E-state index is 0.742. The van der Waals surface area contributed by atoms with Crippen LogP contribution in [0.15, 0.2) is 18.2 Å². The topological polar surface area (TPSA) is 0 Å². The van der Waals surface area contributed by atoms with Gasteiger partial charge in [0.05, 0.1) is 0 Å². The normalized spacial score (nSPS) is 20.3. The number of fused-ring (bicyclic) bond motifs is 1. The summed E-state index contributed by atoms with van der Waals surface area (Å²) in [4.78, 5) is 0.